The summed E-state index contributed by atoms with van der Waals surface area (Å²) in [7, 11) is 1.44. The van der Waals surface area contributed by atoms with Crippen LogP contribution in [0.4, 0.5) is 11.4 Å². The largest absolute Gasteiger partial charge is 0.495 e. The predicted octanol–water partition coefficient (Wildman–Crippen LogP) is 4.85. The first kappa shape index (κ1) is 19.8. The molecule has 0 aliphatic rings. The zero-order valence-electron chi connectivity index (χ0n) is 15.1. The number of nitrogens with zero attached hydrogens (tertiary/aromatic N) is 2. The van der Waals surface area contributed by atoms with Gasteiger partial charge in [-0.1, -0.05) is 42.1 Å². The Morgan fingerprint density at radius 2 is 2.04 bits per heavy atom. The molecule has 7 nitrogen and oxygen atoms in total. The van der Waals surface area contributed by atoms with Gasteiger partial charge in [-0.3, -0.25) is 14.9 Å². The summed E-state index contributed by atoms with van der Waals surface area (Å²) in [6.07, 6.45) is 0. The van der Waals surface area contributed by atoms with Crippen LogP contribution in [-0.2, 0) is 4.79 Å². The highest BCUT2D eigenvalue weighted by Crippen LogP contribution is 2.33. The summed E-state index contributed by atoms with van der Waals surface area (Å²) in [6, 6.07) is 13.9. The minimum atomic E-state index is -0.520. The normalized spacial score (nSPS) is 11.6. The first-order chi connectivity index (χ1) is 13.5. The number of benzene rings is 2. The number of hydrogen-bond acceptors (Lipinski definition) is 7. The Kier molecular flexibility index (Phi) is 6.27. The molecule has 1 amide bonds. The number of nitrogens with one attached hydrogen (secondary N) is 1. The highest BCUT2D eigenvalue weighted by molar-refractivity contribution is 8.02. The summed E-state index contributed by atoms with van der Waals surface area (Å²) in [4.78, 5) is 27.6. The van der Waals surface area contributed by atoms with Gasteiger partial charge in [0.1, 0.15) is 5.75 Å². The van der Waals surface area contributed by atoms with Crippen LogP contribution in [0.15, 0.2) is 58.3 Å². The molecule has 9 heteroatoms. The summed E-state index contributed by atoms with van der Waals surface area (Å²) in [5, 5.41) is 15.2. The number of nitro benzene ring substituents is 1. The van der Waals surface area contributed by atoms with Crippen LogP contribution in [0.1, 0.15) is 6.92 Å². The number of aromatic nitrogens is 1. The van der Waals surface area contributed by atoms with Crippen molar-refractivity contribution < 1.29 is 14.5 Å². The van der Waals surface area contributed by atoms with Crippen molar-refractivity contribution in [1.82, 2.24) is 4.98 Å². The first-order valence-corrected chi connectivity index (χ1v) is 10.0. The Morgan fingerprint density at radius 1 is 1.29 bits per heavy atom. The van der Waals surface area contributed by atoms with E-state index in [0.29, 0.717) is 5.75 Å². The molecular weight excluding hydrogens is 398 g/mol. The van der Waals surface area contributed by atoms with E-state index in [1.165, 1.54) is 48.4 Å². The number of anilines is 1. The highest BCUT2D eigenvalue weighted by Gasteiger charge is 2.20. The SMILES string of the molecule is COc1ccc([N+](=O)[O-])cc1NC(=O)[C@@H](C)Sc1nc(-c2ccccc2)cs1. The number of hydrogen-bond donors (Lipinski definition) is 1. The van der Waals surface area contributed by atoms with E-state index in [9.17, 15) is 14.9 Å². The lowest BCUT2D eigenvalue weighted by Crippen LogP contribution is -2.22. The second-order valence-corrected chi connectivity index (χ2v) is 8.20. The number of carbonyl (C=O) groups is 1. The summed E-state index contributed by atoms with van der Waals surface area (Å²) in [5.74, 6) is 0.0667. The number of carbonyl (C=O) groups excluding carboxylic acids is 1. The van der Waals surface area contributed by atoms with E-state index in [1.807, 2.05) is 35.7 Å². The second-order valence-electron chi connectivity index (χ2n) is 5.76. The minimum absolute atomic E-state index is 0.121. The standard InChI is InChI=1S/C19H17N3O4S2/c1-12(28-19-21-16(11-27-19)13-6-4-3-5-7-13)18(23)20-15-10-14(22(24)25)8-9-17(15)26-2/h3-12H,1-2H3,(H,20,23)/t12-/m1/s1. The monoisotopic (exact) mass is 415 g/mol. The number of methoxy groups -OCH3 is 1. The van der Waals surface area contributed by atoms with Crippen LogP contribution in [0, 0.1) is 10.1 Å². The molecular formula is C19H17N3O4S2. The Balaban J connectivity index is 1.69. The number of ether oxygens (including phenoxy) is 1. The van der Waals surface area contributed by atoms with Gasteiger partial charge in [-0.05, 0) is 13.0 Å². The van der Waals surface area contributed by atoms with Crippen LogP contribution >= 0.6 is 23.1 Å². The summed E-state index contributed by atoms with van der Waals surface area (Å²) in [6.45, 7) is 1.76. The van der Waals surface area contributed by atoms with E-state index >= 15 is 0 Å². The van der Waals surface area contributed by atoms with Gasteiger partial charge in [0.25, 0.3) is 5.69 Å². The van der Waals surface area contributed by atoms with Crippen LogP contribution in [0.2, 0.25) is 0 Å². The molecule has 0 aliphatic heterocycles. The van der Waals surface area contributed by atoms with Crippen molar-refractivity contribution in [3.63, 3.8) is 0 Å². The zero-order chi connectivity index (χ0) is 20.1. The number of non-ortho nitro benzene ring substituents is 1. The number of thioether (sulfide) groups is 1. The van der Waals surface area contributed by atoms with Gasteiger partial charge in [0.2, 0.25) is 5.91 Å². The quantitative estimate of drug-likeness (QED) is 0.337. The predicted molar refractivity (Wildman–Crippen MR) is 111 cm³/mol. The molecule has 1 aromatic heterocycles. The number of thiazole rings is 1. The van der Waals surface area contributed by atoms with E-state index in [-0.39, 0.29) is 17.3 Å². The zero-order valence-corrected chi connectivity index (χ0v) is 16.8. The van der Waals surface area contributed by atoms with Crippen LogP contribution in [0.5, 0.6) is 5.75 Å². The molecule has 0 unspecified atom stereocenters. The van der Waals surface area contributed by atoms with E-state index in [1.54, 1.807) is 6.92 Å². The molecule has 1 heterocycles. The van der Waals surface area contributed by atoms with Crippen molar-refractivity contribution in [2.75, 3.05) is 12.4 Å². The van der Waals surface area contributed by atoms with Gasteiger partial charge in [-0.15, -0.1) is 11.3 Å². The molecule has 28 heavy (non-hydrogen) atoms. The smallest absolute Gasteiger partial charge is 0.271 e. The van der Waals surface area contributed by atoms with E-state index < -0.39 is 10.2 Å². The molecule has 0 saturated heterocycles. The first-order valence-electron chi connectivity index (χ1n) is 8.29. The molecule has 0 aliphatic carbocycles. The van der Waals surface area contributed by atoms with Crippen molar-refractivity contribution >= 4 is 40.4 Å². The van der Waals surface area contributed by atoms with E-state index in [4.69, 9.17) is 4.74 Å². The lowest BCUT2D eigenvalue weighted by atomic mass is 10.2. The fraction of sp³-hybridized carbons (Fsp3) is 0.158. The Bertz CT molecular complexity index is 992. The van der Waals surface area contributed by atoms with Gasteiger partial charge in [-0.2, -0.15) is 0 Å². The minimum Gasteiger partial charge on any atom is -0.495 e. The van der Waals surface area contributed by atoms with Crippen LogP contribution in [-0.4, -0.2) is 28.2 Å². The highest BCUT2D eigenvalue weighted by atomic mass is 32.2. The molecule has 0 spiro atoms. The van der Waals surface area contributed by atoms with Gasteiger partial charge in [-0.25, -0.2) is 4.98 Å². The van der Waals surface area contributed by atoms with Crippen LogP contribution in [0.3, 0.4) is 0 Å². The lowest BCUT2D eigenvalue weighted by Gasteiger charge is -2.13. The third-order valence-corrected chi connectivity index (χ3v) is 5.92. The molecule has 0 bridgehead atoms. The molecule has 0 fully saturated rings. The number of nitro groups is 1. The summed E-state index contributed by atoms with van der Waals surface area (Å²) in [5.41, 5.74) is 2.02. The molecule has 1 N–H and O–H groups in total. The molecule has 144 valence electrons. The maximum Gasteiger partial charge on any atom is 0.271 e. The van der Waals surface area contributed by atoms with E-state index in [2.05, 4.69) is 10.3 Å². The van der Waals surface area contributed by atoms with Crippen molar-refractivity contribution in [3.05, 3.63) is 64.0 Å². The Morgan fingerprint density at radius 3 is 2.71 bits per heavy atom. The molecule has 0 saturated carbocycles. The van der Waals surface area contributed by atoms with Gasteiger partial charge >= 0.3 is 0 Å². The fourth-order valence-corrected chi connectivity index (χ4v) is 4.37. The van der Waals surface area contributed by atoms with Gasteiger partial charge in [0.05, 0.1) is 28.7 Å². The molecule has 1 atom stereocenters. The van der Waals surface area contributed by atoms with Crippen molar-refractivity contribution in [2.45, 2.75) is 16.5 Å². The maximum atomic E-state index is 12.6. The average Bonchev–Trinajstić information content (AvgIpc) is 3.17. The Hall–Kier alpha value is -2.91. The molecule has 3 aromatic rings. The van der Waals surface area contributed by atoms with Crippen molar-refractivity contribution in [2.24, 2.45) is 0 Å². The summed E-state index contributed by atoms with van der Waals surface area (Å²) < 4.78 is 5.95. The lowest BCUT2D eigenvalue weighted by molar-refractivity contribution is -0.384. The fourth-order valence-electron chi connectivity index (χ4n) is 2.40. The Labute approximate surface area is 169 Å². The molecule has 2 aromatic carbocycles. The second kappa shape index (κ2) is 8.85. The third-order valence-electron chi connectivity index (χ3n) is 3.85. The third kappa shape index (κ3) is 4.68. The maximum absolute atomic E-state index is 12.6. The van der Waals surface area contributed by atoms with E-state index in [0.717, 1.165) is 15.6 Å². The van der Waals surface area contributed by atoms with Gasteiger partial charge in [0.15, 0.2) is 4.34 Å². The van der Waals surface area contributed by atoms with Crippen molar-refractivity contribution in [1.29, 1.82) is 0 Å². The van der Waals surface area contributed by atoms with Gasteiger partial charge < -0.3 is 10.1 Å². The topological polar surface area (TPSA) is 94.4 Å². The summed E-state index contributed by atoms with van der Waals surface area (Å²) >= 11 is 2.80. The van der Waals surface area contributed by atoms with Crippen LogP contribution in [0.25, 0.3) is 11.3 Å². The molecule has 0 radical (unpaired) electrons. The number of rotatable bonds is 7. The van der Waals surface area contributed by atoms with Crippen molar-refractivity contribution in [3.8, 4) is 17.0 Å². The van der Waals surface area contributed by atoms with Crippen LogP contribution < -0.4 is 10.1 Å². The number of amides is 1. The van der Waals surface area contributed by atoms with Gasteiger partial charge in [0, 0.05) is 23.1 Å². The molecule has 3 rings (SSSR count). The average molecular weight is 415 g/mol.